The van der Waals surface area contributed by atoms with Crippen LogP contribution in [0.5, 0.6) is 0 Å². The summed E-state index contributed by atoms with van der Waals surface area (Å²) in [6.45, 7) is 1.91. The van der Waals surface area contributed by atoms with Gasteiger partial charge in [-0.05, 0) is 6.42 Å². The quantitative estimate of drug-likeness (QED) is 0.299. The van der Waals surface area contributed by atoms with Crippen LogP contribution in [0.3, 0.4) is 0 Å². The second kappa shape index (κ2) is 16.3. The Morgan fingerprint density at radius 2 is 1.40 bits per heavy atom. The van der Waals surface area contributed by atoms with Crippen LogP contribution in [0, 0.1) is 0 Å². The van der Waals surface area contributed by atoms with Crippen molar-refractivity contribution in [2.24, 2.45) is 0 Å². The number of aliphatic carboxylic acids is 1. The Morgan fingerprint density at radius 1 is 0.880 bits per heavy atom. The van der Waals surface area contributed by atoms with Crippen molar-refractivity contribution in [1.29, 1.82) is 0 Å². The van der Waals surface area contributed by atoms with Crippen LogP contribution in [0.4, 0.5) is 0 Å². The average Bonchev–Trinajstić information content (AvgIpc) is 2.56. The van der Waals surface area contributed by atoms with E-state index in [1.807, 2.05) is 0 Å². The topological polar surface area (TPSA) is 107 Å². The molecule has 0 saturated carbocycles. The number of unbranched alkanes of at least 4 members (excludes halogenated alkanes) is 9. The summed E-state index contributed by atoms with van der Waals surface area (Å²) in [5, 5.41) is 29.9. The lowest BCUT2D eigenvalue weighted by Gasteiger charge is -2.15. The Hall–Kier alpha value is -1.14. The Bertz CT molecular complexity index is 349. The molecule has 4 N–H and O–H groups in total. The fourth-order valence-electron chi connectivity index (χ4n) is 2.82. The normalized spacial score (nSPS) is 13.4. The van der Waals surface area contributed by atoms with Gasteiger partial charge in [0.1, 0.15) is 6.04 Å². The minimum atomic E-state index is -1.17. The van der Waals surface area contributed by atoms with Gasteiger partial charge in [-0.15, -0.1) is 0 Å². The van der Waals surface area contributed by atoms with E-state index in [9.17, 15) is 14.7 Å². The number of nitrogens with one attached hydrogen (secondary N) is 1. The van der Waals surface area contributed by atoms with Gasteiger partial charge in [0.25, 0.3) is 0 Å². The number of carboxylic acids is 1. The summed E-state index contributed by atoms with van der Waals surface area (Å²) >= 11 is 0. The van der Waals surface area contributed by atoms with Gasteiger partial charge in [0, 0.05) is 13.0 Å². The molecule has 148 valence electrons. The Balaban J connectivity index is 3.61. The smallest absolute Gasteiger partial charge is 0.326 e. The molecule has 0 aliphatic heterocycles. The molecular formula is C19H37NO5. The standard InChI is InChI=1S/C19H37NO5/c1-2-3-4-5-6-7-8-9-10-11-12-16(22)15-18(23)20-17(13-14-21)19(24)25/h16-17,21-22H,2-15H2,1H3,(H,20,23)(H,24,25)/t16?,17-/m0/s1. The summed E-state index contributed by atoms with van der Waals surface area (Å²) < 4.78 is 0. The van der Waals surface area contributed by atoms with Crippen LogP contribution in [0.1, 0.15) is 90.4 Å². The Morgan fingerprint density at radius 3 is 1.88 bits per heavy atom. The lowest BCUT2D eigenvalue weighted by atomic mass is 10.0. The second-order valence-electron chi connectivity index (χ2n) is 6.80. The van der Waals surface area contributed by atoms with E-state index in [0.29, 0.717) is 6.42 Å². The molecule has 0 aromatic heterocycles. The van der Waals surface area contributed by atoms with Crippen molar-refractivity contribution < 1.29 is 24.9 Å². The number of carbonyl (C=O) groups is 2. The summed E-state index contributed by atoms with van der Waals surface area (Å²) in [5.41, 5.74) is 0. The van der Waals surface area contributed by atoms with E-state index in [1.165, 1.54) is 44.9 Å². The fraction of sp³-hybridized carbons (Fsp3) is 0.895. The van der Waals surface area contributed by atoms with Crippen molar-refractivity contribution in [2.75, 3.05) is 6.61 Å². The van der Waals surface area contributed by atoms with Crippen molar-refractivity contribution in [2.45, 2.75) is 103 Å². The van der Waals surface area contributed by atoms with Crippen LogP contribution in [0.15, 0.2) is 0 Å². The first kappa shape index (κ1) is 23.9. The third-order valence-corrected chi connectivity index (χ3v) is 4.36. The molecule has 0 aliphatic rings. The van der Waals surface area contributed by atoms with E-state index in [-0.39, 0.29) is 19.4 Å². The maximum atomic E-state index is 11.7. The lowest BCUT2D eigenvalue weighted by molar-refractivity contribution is -0.142. The summed E-state index contributed by atoms with van der Waals surface area (Å²) in [5.74, 6) is -1.66. The highest BCUT2D eigenvalue weighted by molar-refractivity contribution is 5.83. The SMILES string of the molecule is CCCCCCCCCCCCC(O)CC(=O)N[C@@H](CCO)C(=O)O. The molecule has 0 bridgehead atoms. The number of aliphatic hydroxyl groups excluding tert-OH is 2. The minimum Gasteiger partial charge on any atom is -0.480 e. The van der Waals surface area contributed by atoms with Gasteiger partial charge >= 0.3 is 5.97 Å². The maximum absolute atomic E-state index is 11.7. The van der Waals surface area contributed by atoms with Crippen LogP contribution in [-0.4, -0.2) is 45.9 Å². The molecule has 25 heavy (non-hydrogen) atoms. The summed E-state index contributed by atoms with van der Waals surface area (Å²) in [7, 11) is 0. The highest BCUT2D eigenvalue weighted by Crippen LogP contribution is 2.12. The molecule has 0 saturated heterocycles. The van der Waals surface area contributed by atoms with E-state index in [4.69, 9.17) is 10.2 Å². The molecule has 6 heteroatoms. The molecule has 0 radical (unpaired) electrons. The number of rotatable bonds is 17. The third-order valence-electron chi connectivity index (χ3n) is 4.36. The van der Waals surface area contributed by atoms with Gasteiger partial charge < -0.3 is 20.6 Å². The van der Waals surface area contributed by atoms with Crippen molar-refractivity contribution in [3.63, 3.8) is 0 Å². The number of carbonyl (C=O) groups excluding carboxylic acids is 1. The van der Waals surface area contributed by atoms with Crippen molar-refractivity contribution in [3.05, 3.63) is 0 Å². The van der Waals surface area contributed by atoms with E-state index in [1.54, 1.807) is 0 Å². The summed E-state index contributed by atoms with van der Waals surface area (Å²) in [6.07, 6.45) is 11.9. The molecule has 0 heterocycles. The maximum Gasteiger partial charge on any atom is 0.326 e. The first-order valence-electron chi connectivity index (χ1n) is 9.82. The van der Waals surface area contributed by atoms with E-state index in [0.717, 1.165) is 19.3 Å². The molecule has 0 rings (SSSR count). The Kier molecular flexibility index (Phi) is 15.6. The summed E-state index contributed by atoms with van der Waals surface area (Å²) in [4.78, 5) is 22.6. The molecule has 1 unspecified atom stereocenters. The molecule has 2 atom stereocenters. The molecule has 0 aromatic rings. The number of hydrogen-bond acceptors (Lipinski definition) is 4. The highest BCUT2D eigenvalue weighted by atomic mass is 16.4. The number of hydrogen-bond donors (Lipinski definition) is 4. The molecule has 0 fully saturated rings. The van der Waals surface area contributed by atoms with E-state index >= 15 is 0 Å². The lowest BCUT2D eigenvalue weighted by Crippen LogP contribution is -2.42. The second-order valence-corrected chi connectivity index (χ2v) is 6.80. The van der Waals surface area contributed by atoms with Gasteiger partial charge in [-0.2, -0.15) is 0 Å². The molecule has 0 spiro atoms. The van der Waals surface area contributed by atoms with Crippen molar-refractivity contribution >= 4 is 11.9 Å². The molecule has 0 aliphatic carbocycles. The number of carboxylic acid groups (broad SMARTS) is 1. The van der Waals surface area contributed by atoms with Gasteiger partial charge in [-0.25, -0.2) is 4.79 Å². The Labute approximate surface area is 152 Å². The molecule has 1 amide bonds. The zero-order chi connectivity index (χ0) is 18.9. The van der Waals surface area contributed by atoms with Gasteiger partial charge in [-0.3, -0.25) is 4.79 Å². The van der Waals surface area contributed by atoms with Crippen LogP contribution in [-0.2, 0) is 9.59 Å². The summed E-state index contributed by atoms with van der Waals surface area (Å²) in [6, 6.07) is -1.10. The average molecular weight is 360 g/mol. The van der Waals surface area contributed by atoms with Crippen molar-refractivity contribution in [3.8, 4) is 0 Å². The molecular weight excluding hydrogens is 322 g/mol. The van der Waals surface area contributed by atoms with Crippen LogP contribution in [0.25, 0.3) is 0 Å². The van der Waals surface area contributed by atoms with E-state index in [2.05, 4.69) is 12.2 Å². The van der Waals surface area contributed by atoms with Gasteiger partial charge in [0.15, 0.2) is 0 Å². The monoisotopic (exact) mass is 359 g/mol. The third kappa shape index (κ3) is 14.9. The van der Waals surface area contributed by atoms with Gasteiger partial charge in [-0.1, -0.05) is 71.1 Å². The van der Waals surface area contributed by atoms with Crippen LogP contribution < -0.4 is 5.32 Å². The van der Waals surface area contributed by atoms with Gasteiger partial charge in [0.2, 0.25) is 5.91 Å². The predicted molar refractivity (Wildman–Crippen MR) is 98.4 cm³/mol. The first-order chi connectivity index (χ1) is 12.0. The minimum absolute atomic E-state index is 0.0321. The van der Waals surface area contributed by atoms with Gasteiger partial charge in [0.05, 0.1) is 12.5 Å². The fourth-order valence-corrected chi connectivity index (χ4v) is 2.82. The highest BCUT2D eigenvalue weighted by Gasteiger charge is 2.20. The largest absolute Gasteiger partial charge is 0.480 e. The predicted octanol–water partition coefficient (Wildman–Crippen LogP) is 3.00. The zero-order valence-electron chi connectivity index (χ0n) is 15.7. The zero-order valence-corrected chi connectivity index (χ0v) is 15.7. The van der Waals surface area contributed by atoms with Crippen molar-refractivity contribution in [1.82, 2.24) is 5.32 Å². The molecule has 6 nitrogen and oxygen atoms in total. The van der Waals surface area contributed by atoms with E-state index < -0.39 is 24.0 Å². The number of amides is 1. The number of aliphatic hydroxyl groups is 2. The van der Waals surface area contributed by atoms with Crippen LogP contribution >= 0.6 is 0 Å². The molecule has 0 aromatic carbocycles. The van der Waals surface area contributed by atoms with Crippen LogP contribution in [0.2, 0.25) is 0 Å². The first-order valence-corrected chi connectivity index (χ1v) is 9.82.